The van der Waals surface area contributed by atoms with E-state index in [2.05, 4.69) is 20.9 Å². The van der Waals surface area contributed by atoms with Crippen LogP contribution in [-0.4, -0.2) is 16.1 Å². The summed E-state index contributed by atoms with van der Waals surface area (Å²) in [5.74, 6) is -0.212. The molecular weight excluding hydrogens is 333 g/mol. The second kappa shape index (κ2) is 5.95. The zero-order valence-electron chi connectivity index (χ0n) is 11.4. The molecule has 3 rings (SSSR count). The molecule has 0 bridgehead atoms. The highest BCUT2D eigenvalue weighted by atomic mass is 79.9. The van der Waals surface area contributed by atoms with Crippen LogP contribution < -0.4 is 5.73 Å². The molecule has 2 N–H and O–H groups in total. The molecule has 0 saturated heterocycles. The number of aromatic nitrogens is 2. The molecule has 5 heteroatoms. The van der Waals surface area contributed by atoms with E-state index in [-0.39, 0.29) is 5.82 Å². The van der Waals surface area contributed by atoms with Crippen LogP contribution in [0.5, 0.6) is 0 Å². The lowest BCUT2D eigenvalue weighted by molar-refractivity contribution is 0.601. The summed E-state index contributed by atoms with van der Waals surface area (Å²) >= 11 is 3.38. The number of rotatable bonds is 4. The molecule has 3 nitrogen and oxygen atoms in total. The largest absolute Gasteiger partial charge is 0.330 e. The van der Waals surface area contributed by atoms with Gasteiger partial charge in [-0.05, 0) is 48.9 Å². The van der Waals surface area contributed by atoms with Crippen molar-refractivity contribution in [2.75, 3.05) is 6.54 Å². The Bertz CT molecular complexity index is 782. The molecule has 0 amide bonds. The summed E-state index contributed by atoms with van der Waals surface area (Å²) in [6, 6.07) is 8.91. The van der Waals surface area contributed by atoms with Gasteiger partial charge in [0.05, 0.1) is 6.54 Å². The number of halogens is 2. The quantitative estimate of drug-likeness (QED) is 0.784. The van der Waals surface area contributed by atoms with Gasteiger partial charge in [-0.25, -0.2) is 9.37 Å². The summed E-state index contributed by atoms with van der Waals surface area (Å²) in [4.78, 5) is 4.42. The number of nitrogens with zero attached hydrogens (tertiary/aromatic N) is 2. The molecule has 108 valence electrons. The maximum Gasteiger partial charge on any atom is 0.140 e. The van der Waals surface area contributed by atoms with E-state index >= 15 is 0 Å². The van der Waals surface area contributed by atoms with Gasteiger partial charge in [-0.2, -0.15) is 0 Å². The number of hydrogen-bond donors (Lipinski definition) is 1. The van der Waals surface area contributed by atoms with Crippen molar-refractivity contribution >= 4 is 27.0 Å². The van der Waals surface area contributed by atoms with E-state index in [1.165, 1.54) is 6.07 Å². The minimum absolute atomic E-state index is 0.212. The van der Waals surface area contributed by atoms with Crippen LogP contribution in [0.15, 0.2) is 47.2 Å². The Kier molecular flexibility index (Phi) is 4.03. The summed E-state index contributed by atoms with van der Waals surface area (Å²) in [5.41, 5.74) is 8.30. The van der Waals surface area contributed by atoms with Crippen LogP contribution in [-0.2, 0) is 13.0 Å². The monoisotopic (exact) mass is 347 g/mol. The first kappa shape index (κ1) is 14.2. The Hall–Kier alpha value is -1.72. The van der Waals surface area contributed by atoms with Crippen molar-refractivity contribution in [3.05, 3.63) is 64.1 Å². The van der Waals surface area contributed by atoms with Crippen LogP contribution in [0.25, 0.3) is 11.0 Å². The van der Waals surface area contributed by atoms with Crippen molar-refractivity contribution in [3.63, 3.8) is 0 Å². The first-order chi connectivity index (χ1) is 10.2. The molecule has 0 saturated carbocycles. The first-order valence-electron chi connectivity index (χ1n) is 6.76. The maximum absolute atomic E-state index is 13.9. The third-order valence-corrected chi connectivity index (χ3v) is 3.97. The van der Waals surface area contributed by atoms with Gasteiger partial charge in [0.15, 0.2) is 0 Å². The number of hydrogen-bond acceptors (Lipinski definition) is 2. The normalized spacial score (nSPS) is 11.2. The summed E-state index contributed by atoms with van der Waals surface area (Å²) in [5, 5.41) is 1.08. The van der Waals surface area contributed by atoms with Crippen molar-refractivity contribution in [1.29, 1.82) is 0 Å². The fourth-order valence-electron chi connectivity index (χ4n) is 2.52. The summed E-state index contributed by atoms with van der Waals surface area (Å²) in [7, 11) is 0. The molecule has 0 fully saturated rings. The Morgan fingerprint density at radius 1 is 1.24 bits per heavy atom. The van der Waals surface area contributed by atoms with Crippen molar-refractivity contribution in [3.8, 4) is 0 Å². The van der Waals surface area contributed by atoms with E-state index in [0.717, 1.165) is 27.5 Å². The van der Waals surface area contributed by atoms with E-state index in [0.29, 0.717) is 18.7 Å². The number of pyridine rings is 1. The minimum Gasteiger partial charge on any atom is -0.330 e. The molecule has 0 unspecified atom stereocenters. The number of fused-ring (bicyclic) bond motifs is 1. The highest BCUT2D eigenvalue weighted by Gasteiger charge is 2.11. The molecule has 21 heavy (non-hydrogen) atoms. The van der Waals surface area contributed by atoms with Gasteiger partial charge in [-0.15, -0.1) is 0 Å². The van der Waals surface area contributed by atoms with E-state index in [1.54, 1.807) is 18.3 Å². The number of nitrogens with two attached hydrogens (primary N) is 1. The van der Waals surface area contributed by atoms with Crippen LogP contribution in [0.4, 0.5) is 4.39 Å². The average Bonchev–Trinajstić information content (AvgIpc) is 2.82. The molecule has 3 aromatic rings. The van der Waals surface area contributed by atoms with Crippen molar-refractivity contribution < 1.29 is 4.39 Å². The van der Waals surface area contributed by atoms with Crippen LogP contribution in [0, 0.1) is 5.82 Å². The molecule has 0 spiro atoms. The zero-order chi connectivity index (χ0) is 14.8. The van der Waals surface area contributed by atoms with E-state index in [9.17, 15) is 4.39 Å². The Balaban J connectivity index is 2.06. The van der Waals surface area contributed by atoms with E-state index in [1.807, 2.05) is 22.9 Å². The van der Waals surface area contributed by atoms with Gasteiger partial charge >= 0.3 is 0 Å². The third-order valence-electron chi connectivity index (χ3n) is 3.48. The molecule has 0 atom stereocenters. The number of benzene rings is 1. The van der Waals surface area contributed by atoms with Crippen LogP contribution >= 0.6 is 15.9 Å². The van der Waals surface area contributed by atoms with Gasteiger partial charge in [0.2, 0.25) is 0 Å². The van der Waals surface area contributed by atoms with Crippen LogP contribution in [0.3, 0.4) is 0 Å². The third kappa shape index (κ3) is 2.84. The smallest absolute Gasteiger partial charge is 0.140 e. The highest BCUT2D eigenvalue weighted by Crippen LogP contribution is 2.23. The van der Waals surface area contributed by atoms with E-state index < -0.39 is 0 Å². The van der Waals surface area contributed by atoms with Crippen molar-refractivity contribution in [2.24, 2.45) is 5.73 Å². The highest BCUT2D eigenvalue weighted by molar-refractivity contribution is 9.10. The van der Waals surface area contributed by atoms with Gasteiger partial charge in [-0.1, -0.05) is 15.9 Å². The summed E-state index contributed by atoms with van der Waals surface area (Å²) < 4.78 is 16.8. The fraction of sp³-hybridized carbons (Fsp3) is 0.188. The van der Waals surface area contributed by atoms with Gasteiger partial charge in [0.25, 0.3) is 0 Å². The van der Waals surface area contributed by atoms with E-state index in [4.69, 9.17) is 5.73 Å². The van der Waals surface area contributed by atoms with Gasteiger partial charge in [0.1, 0.15) is 11.5 Å². The molecule has 0 aliphatic carbocycles. The standard InChI is InChI=1S/C16H15BrFN3/c17-13-3-4-15(18)12(8-13)10-21-9-11(5-6-19)14-2-1-7-20-16(14)21/h1-4,7-9H,5-6,10,19H2. The lowest BCUT2D eigenvalue weighted by Gasteiger charge is -2.06. The zero-order valence-corrected chi connectivity index (χ0v) is 13.0. The lowest BCUT2D eigenvalue weighted by Crippen LogP contribution is -2.03. The maximum atomic E-state index is 13.9. The molecule has 0 radical (unpaired) electrons. The predicted molar refractivity (Wildman–Crippen MR) is 85.7 cm³/mol. The Morgan fingerprint density at radius 2 is 2.10 bits per heavy atom. The molecule has 2 heterocycles. The Morgan fingerprint density at radius 3 is 2.90 bits per heavy atom. The fourth-order valence-corrected chi connectivity index (χ4v) is 2.93. The Labute approximate surface area is 130 Å². The lowest BCUT2D eigenvalue weighted by atomic mass is 10.2. The molecule has 0 aliphatic heterocycles. The van der Waals surface area contributed by atoms with Crippen molar-refractivity contribution in [1.82, 2.24) is 9.55 Å². The molecular formula is C16H15BrFN3. The first-order valence-corrected chi connectivity index (χ1v) is 7.55. The van der Waals surface area contributed by atoms with Crippen LogP contribution in [0.1, 0.15) is 11.1 Å². The van der Waals surface area contributed by atoms with Crippen LogP contribution in [0.2, 0.25) is 0 Å². The topological polar surface area (TPSA) is 43.8 Å². The molecule has 1 aromatic carbocycles. The van der Waals surface area contributed by atoms with Gasteiger partial charge in [-0.3, -0.25) is 0 Å². The predicted octanol–water partition coefficient (Wildman–Crippen LogP) is 3.49. The second-order valence-corrected chi connectivity index (χ2v) is 5.85. The average molecular weight is 348 g/mol. The molecule has 2 aromatic heterocycles. The molecule has 0 aliphatic rings. The van der Waals surface area contributed by atoms with Gasteiger partial charge in [0, 0.05) is 27.8 Å². The van der Waals surface area contributed by atoms with Gasteiger partial charge < -0.3 is 10.3 Å². The second-order valence-electron chi connectivity index (χ2n) is 4.93. The summed E-state index contributed by atoms with van der Waals surface area (Å²) in [6.45, 7) is 1.03. The minimum atomic E-state index is -0.212. The summed E-state index contributed by atoms with van der Waals surface area (Å²) in [6.07, 6.45) is 4.56. The van der Waals surface area contributed by atoms with Crippen molar-refractivity contribution in [2.45, 2.75) is 13.0 Å². The SMILES string of the molecule is NCCc1cn(Cc2cc(Br)ccc2F)c2ncccc12.